The first-order valence-electron chi connectivity index (χ1n) is 5.47. The summed E-state index contributed by atoms with van der Waals surface area (Å²) in [5, 5.41) is 10.4. The van der Waals surface area contributed by atoms with Crippen molar-refractivity contribution in [1.82, 2.24) is 0 Å². The Kier molecular flexibility index (Phi) is 3.86. The van der Waals surface area contributed by atoms with Gasteiger partial charge in [-0.1, -0.05) is 0 Å². The highest BCUT2D eigenvalue weighted by molar-refractivity contribution is 9.10. The predicted molar refractivity (Wildman–Crippen MR) is 70.5 cm³/mol. The molecular formula is C12H12BrNO4. The van der Waals surface area contributed by atoms with Crippen LogP contribution in [0.4, 0.5) is 0 Å². The third-order valence-electron chi connectivity index (χ3n) is 2.72. The minimum Gasteiger partial charge on any atom is -0.496 e. The molecule has 0 saturated heterocycles. The molecule has 0 aliphatic carbocycles. The highest BCUT2D eigenvalue weighted by Crippen LogP contribution is 2.41. The maximum absolute atomic E-state index is 10.4. The number of nitro groups is 1. The molecule has 1 aromatic carbocycles. The van der Waals surface area contributed by atoms with Gasteiger partial charge in [0, 0.05) is 17.2 Å². The van der Waals surface area contributed by atoms with Gasteiger partial charge in [0.1, 0.15) is 11.5 Å². The van der Waals surface area contributed by atoms with Crippen LogP contribution in [0.1, 0.15) is 17.5 Å². The van der Waals surface area contributed by atoms with E-state index >= 15 is 0 Å². The van der Waals surface area contributed by atoms with E-state index < -0.39 is 4.92 Å². The lowest BCUT2D eigenvalue weighted by Crippen LogP contribution is -2.11. The summed E-state index contributed by atoms with van der Waals surface area (Å²) in [5.74, 6) is 1.36. The molecule has 1 aliphatic heterocycles. The Labute approximate surface area is 113 Å². The number of rotatable bonds is 3. The van der Waals surface area contributed by atoms with Crippen LogP contribution in [0.15, 0.2) is 16.7 Å². The molecule has 1 aromatic rings. The highest BCUT2D eigenvalue weighted by atomic mass is 79.9. The van der Waals surface area contributed by atoms with E-state index in [4.69, 9.17) is 9.47 Å². The zero-order chi connectivity index (χ0) is 13.1. The van der Waals surface area contributed by atoms with E-state index in [9.17, 15) is 10.1 Å². The quantitative estimate of drug-likeness (QED) is 0.635. The van der Waals surface area contributed by atoms with Crippen molar-refractivity contribution in [2.45, 2.75) is 12.8 Å². The number of halogens is 1. The molecule has 0 unspecified atom stereocenters. The standard InChI is InChI=1S/C12H12BrNO4/c1-17-10-7-8(4-5-14(15)16)12-9(11(10)13)3-2-6-18-12/h4-5,7H,2-3,6H2,1H3. The molecule has 0 radical (unpaired) electrons. The van der Waals surface area contributed by atoms with E-state index in [1.54, 1.807) is 13.2 Å². The van der Waals surface area contributed by atoms with Crippen LogP contribution in [-0.2, 0) is 6.42 Å². The molecule has 0 aromatic heterocycles. The zero-order valence-corrected chi connectivity index (χ0v) is 11.4. The van der Waals surface area contributed by atoms with E-state index in [1.165, 1.54) is 6.08 Å². The van der Waals surface area contributed by atoms with Gasteiger partial charge >= 0.3 is 0 Å². The first-order valence-corrected chi connectivity index (χ1v) is 6.26. The Morgan fingerprint density at radius 1 is 1.61 bits per heavy atom. The van der Waals surface area contributed by atoms with Crippen LogP contribution in [0.2, 0.25) is 0 Å². The molecule has 1 aliphatic rings. The van der Waals surface area contributed by atoms with Gasteiger partial charge in [0.25, 0.3) is 0 Å². The summed E-state index contributed by atoms with van der Waals surface area (Å²) in [7, 11) is 1.57. The van der Waals surface area contributed by atoms with E-state index in [0.29, 0.717) is 23.7 Å². The summed E-state index contributed by atoms with van der Waals surface area (Å²) in [4.78, 5) is 9.90. The molecular weight excluding hydrogens is 302 g/mol. The largest absolute Gasteiger partial charge is 0.496 e. The lowest BCUT2D eigenvalue weighted by Gasteiger charge is -2.22. The van der Waals surface area contributed by atoms with Crippen LogP contribution in [0, 0.1) is 10.1 Å². The molecule has 0 saturated carbocycles. The second-order valence-corrected chi connectivity index (χ2v) is 4.64. The monoisotopic (exact) mass is 313 g/mol. The fourth-order valence-corrected chi connectivity index (χ4v) is 2.58. The topological polar surface area (TPSA) is 61.6 Å². The molecule has 6 heteroatoms. The number of ether oxygens (including phenoxy) is 2. The molecule has 0 atom stereocenters. The fraction of sp³-hybridized carbons (Fsp3) is 0.333. The molecule has 96 valence electrons. The molecule has 0 spiro atoms. The van der Waals surface area contributed by atoms with Crippen LogP contribution in [0.3, 0.4) is 0 Å². The van der Waals surface area contributed by atoms with E-state index in [0.717, 1.165) is 29.1 Å². The summed E-state index contributed by atoms with van der Waals surface area (Å²) < 4.78 is 11.7. The molecule has 0 bridgehead atoms. The van der Waals surface area contributed by atoms with Crippen molar-refractivity contribution < 1.29 is 14.4 Å². The second kappa shape index (κ2) is 5.39. The van der Waals surface area contributed by atoms with E-state index in [-0.39, 0.29) is 0 Å². The minimum atomic E-state index is -0.496. The lowest BCUT2D eigenvalue weighted by molar-refractivity contribution is -0.400. The van der Waals surface area contributed by atoms with Crippen molar-refractivity contribution in [2.75, 3.05) is 13.7 Å². The molecule has 18 heavy (non-hydrogen) atoms. The SMILES string of the molecule is COc1cc(C=C[N+](=O)[O-])c2c(c1Br)CCCO2. The molecule has 0 fully saturated rings. The number of hydrogen-bond acceptors (Lipinski definition) is 4. The number of benzene rings is 1. The normalized spacial score (nSPS) is 14.1. The van der Waals surface area contributed by atoms with Crippen LogP contribution < -0.4 is 9.47 Å². The van der Waals surface area contributed by atoms with Crippen LogP contribution >= 0.6 is 15.9 Å². The Balaban J connectivity index is 2.54. The lowest BCUT2D eigenvalue weighted by atomic mass is 10.0. The molecule has 0 amide bonds. The van der Waals surface area contributed by atoms with Crippen molar-refractivity contribution in [3.05, 3.63) is 38.0 Å². The number of nitrogens with zero attached hydrogens (tertiary/aromatic N) is 1. The Bertz CT molecular complexity index is 513. The van der Waals surface area contributed by atoms with E-state index in [2.05, 4.69) is 15.9 Å². The van der Waals surface area contributed by atoms with Crippen molar-refractivity contribution in [3.63, 3.8) is 0 Å². The fourth-order valence-electron chi connectivity index (χ4n) is 1.92. The minimum absolute atomic E-state index is 0.496. The summed E-state index contributed by atoms with van der Waals surface area (Å²) in [5.41, 5.74) is 1.67. The van der Waals surface area contributed by atoms with Crippen molar-refractivity contribution in [3.8, 4) is 11.5 Å². The van der Waals surface area contributed by atoms with Gasteiger partial charge in [-0.3, -0.25) is 10.1 Å². The maximum atomic E-state index is 10.4. The van der Waals surface area contributed by atoms with Gasteiger partial charge in [-0.25, -0.2) is 0 Å². The smallest absolute Gasteiger partial charge is 0.235 e. The van der Waals surface area contributed by atoms with Crippen LogP contribution in [0.5, 0.6) is 11.5 Å². The Morgan fingerprint density at radius 2 is 2.39 bits per heavy atom. The average Bonchev–Trinajstić information content (AvgIpc) is 2.38. The van der Waals surface area contributed by atoms with Crippen molar-refractivity contribution in [2.24, 2.45) is 0 Å². The first-order chi connectivity index (χ1) is 8.63. The average molecular weight is 314 g/mol. The number of methoxy groups -OCH3 is 1. The molecule has 5 nitrogen and oxygen atoms in total. The zero-order valence-electron chi connectivity index (χ0n) is 9.81. The maximum Gasteiger partial charge on any atom is 0.235 e. The van der Waals surface area contributed by atoms with Gasteiger partial charge in [0.05, 0.1) is 23.1 Å². The number of fused-ring (bicyclic) bond motifs is 1. The summed E-state index contributed by atoms with van der Waals surface area (Å²) in [6.45, 7) is 0.630. The molecule has 1 heterocycles. The van der Waals surface area contributed by atoms with Gasteiger partial charge in [0.15, 0.2) is 0 Å². The third kappa shape index (κ3) is 2.48. The molecule has 2 rings (SSSR count). The van der Waals surface area contributed by atoms with Crippen LogP contribution in [-0.4, -0.2) is 18.6 Å². The van der Waals surface area contributed by atoms with Gasteiger partial charge in [-0.2, -0.15) is 0 Å². The molecule has 0 N–H and O–H groups in total. The van der Waals surface area contributed by atoms with E-state index in [1.807, 2.05) is 0 Å². The summed E-state index contributed by atoms with van der Waals surface area (Å²) in [6.07, 6.45) is 4.13. The van der Waals surface area contributed by atoms with Gasteiger partial charge in [0.2, 0.25) is 6.20 Å². The summed E-state index contributed by atoms with van der Waals surface area (Å²) >= 11 is 3.48. The van der Waals surface area contributed by atoms with Crippen LogP contribution in [0.25, 0.3) is 6.08 Å². The number of hydrogen-bond donors (Lipinski definition) is 0. The van der Waals surface area contributed by atoms with Crippen molar-refractivity contribution in [1.29, 1.82) is 0 Å². The Hall–Kier alpha value is -1.56. The first kappa shape index (κ1) is 12.9. The van der Waals surface area contributed by atoms with Gasteiger partial charge in [-0.05, 0) is 34.8 Å². The third-order valence-corrected chi connectivity index (χ3v) is 3.59. The second-order valence-electron chi connectivity index (χ2n) is 3.84. The predicted octanol–water partition coefficient (Wildman–Crippen LogP) is 3.03. The van der Waals surface area contributed by atoms with Gasteiger partial charge < -0.3 is 9.47 Å². The highest BCUT2D eigenvalue weighted by Gasteiger charge is 2.20. The van der Waals surface area contributed by atoms with Crippen molar-refractivity contribution >= 4 is 22.0 Å². The Morgan fingerprint density at radius 3 is 3.06 bits per heavy atom. The summed E-state index contributed by atoms with van der Waals surface area (Å²) in [6, 6.07) is 1.73. The van der Waals surface area contributed by atoms with Gasteiger partial charge in [-0.15, -0.1) is 0 Å².